The molecule has 7 nitrogen and oxygen atoms in total. The highest BCUT2D eigenvalue weighted by molar-refractivity contribution is 5.92. The van der Waals surface area contributed by atoms with E-state index in [9.17, 15) is 14.4 Å². The SMILES string of the molecule is C=C1NC(=O)C=C(COC(=O)/C=C/C(=O)OCc2ccccc2)N1. The van der Waals surface area contributed by atoms with Crippen molar-refractivity contribution >= 4 is 17.8 Å². The predicted octanol–water partition coefficient (Wildman–Crippen LogP) is 0.904. The zero-order chi connectivity index (χ0) is 17.4. The molecule has 2 N–H and O–H groups in total. The fourth-order valence-corrected chi connectivity index (χ4v) is 1.79. The van der Waals surface area contributed by atoms with E-state index in [1.807, 2.05) is 30.3 Å². The summed E-state index contributed by atoms with van der Waals surface area (Å²) >= 11 is 0. The van der Waals surface area contributed by atoms with E-state index in [-0.39, 0.29) is 19.1 Å². The van der Waals surface area contributed by atoms with Gasteiger partial charge in [0.15, 0.2) is 0 Å². The molecule has 1 amide bonds. The average molecular weight is 328 g/mol. The summed E-state index contributed by atoms with van der Waals surface area (Å²) in [6.07, 6.45) is 3.20. The molecule has 24 heavy (non-hydrogen) atoms. The van der Waals surface area contributed by atoms with Crippen molar-refractivity contribution in [1.29, 1.82) is 0 Å². The van der Waals surface area contributed by atoms with Crippen LogP contribution in [0.15, 0.2) is 66.7 Å². The van der Waals surface area contributed by atoms with Gasteiger partial charge in [0.05, 0.1) is 5.70 Å². The van der Waals surface area contributed by atoms with Gasteiger partial charge in [-0.3, -0.25) is 4.79 Å². The lowest BCUT2D eigenvalue weighted by molar-refractivity contribution is -0.140. The Morgan fingerprint density at radius 3 is 2.25 bits per heavy atom. The molecule has 0 saturated heterocycles. The third-order valence-electron chi connectivity index (χ3n) is 2.84. The highest BCUT2D eigenvalue weighted by Crippen LogP contribution is 2.02. The van der Waals surface area contributed by atoms with Crippen LogP contribution in [0.4, 0.5) is 0 Å². The minimum absolute atomic E-state index is 0.118. The van der Waals surface area contributed by atoms with Crippen LogP contribution in [-0.4, -0.2) is 24.5 Å². The van der Waals surface area contributed by atoms with Crippen molar-refractivity contribution in [2.45, 2.75) is 6.61 Å². The fraction of sp³-hybridized carbons (Fsp3) is 0.118. The van der Waals surface area contributed by atoms with Gasteiger partial charge in [0, 0.05) is 18.2 Å². The topological polar surface area (TPSA) is 93.7 Å². The van der Waals surface area contributed by atoms with Gasteiger partial charge in [-0.25, -0.2) is 9.59 Å². The van der Waals surface area contributed by atoms with Crippen LogP contribution in [0.25, 0.3) is 0 Å². The predicted molar refractivity (Wildman–Crippen MR) is 84.8 cm³/mol. The minimum Gasteiger partial charge on any atom is -0.458 e. The number of rotatable bonds is 6. The summed E-state index contributed by atoms with van der Waals surface area (Å²) in [6.45, 7) is 3.52. The summed E-state index contributed by atoms with van der Waals surface area (Å²) in [7, 11) is 0. The van der Waals surface area contributed by atoms with E-state index in [1.54, 1.807) is 0 Å². The van der Waals surface area contributed by atoms with Crippen LogP contribution < -0.4 is 10.6 Å². The van der Waals surface area contributed by atoms with E-state index in [1.165, 1.54) is 6.08 Å². The zero-order valence-corrected chi connectivity index (χ0v) is 12.8. The molecule has 0 aromatic heterocycles. The number of amides is 1. The second-order valence-electron chi connectivity index (χ2n) is 4.80. The maximum Gasteiger partial charge on any atom is 0.331 e. The molecular formula is C17H16N2O5. The summed E-state index contributed by atoms with van der Waals surface area (Å²) in [6, 6.07) is 9.16. The van der Waals surface area contributed by atoms with Crippen LogP contribution in [0.5, 0.6) is 0 Å². The van der Waals surface area contributed by atoms with Gasteiger partial charge in [0.1, 0.15) is 19.0 Å². The van der Waals surface area contributed by atoms with Crippen molar-refractivity contribution < 1.29 is 23.9 Å². The standard InChI is InChI=1S/C17H16N2O5/c1-12-18-14(9-15(20)19-12)11-24-17(22)8-7-16(21)23-10-13-5-3-2-4-6-13/h2-9,18H,1,10-11H2,(H,19,20)/b8-7+. The molecule has 7 heteroatoms. The van der Waals surface area contributed by atoms with Crippen LogP contribution in [0.1, 0.15) is 5.56 Å². The van der Waals surface area contributed by atoms with Gasteiger partial charge < -0.3 is 20.1 Å². The van der Waals surface area contributed by atoms with Crippen LogP contribution in [0, 0.1) is 0 Å². The molecule has 1 aromatic rings. The molecule has 0 bridgehead atoms. The lowest BCUT2D eigenvalue weighted by Gasteiger charge is -2.17. The summed E-state index contributed by atoms with van der Waals surface area (Å²) < 4.78 is 9.89. The summed E-state index contributed by atoms with van der Waals surface area (Å²) in [4.78, 5) is 34.3. The van der Waals surface area contributed by atoms with Crippen molar-refractivity contribution in [1.82, 2.24) is 10.6 Å². The molecular weight excluding hydrogens is 312 g/mol. The first-order valence-electron chi connectivity index (χ1n) is 7.06. The molecule has 1 aliphatic rings. The summed E-state index contributed by atoms with van der Waals surface area (Å²) in [5.41, 5.74) is 1.23. The largest absolute Gasteiger partial charge is 0.458 e. The maximum atomic E-state index is 11.5. The molecule has 124 valence electrons. The first-order chi connectivity index (χ1) is 11.5. The quantitative estimate of drug-likeness (QED) is 0.595. The zero-order valence-electron chi connectivity index (χ0n) is 12.8. The Bertz CT molecular complexity index is 707. The normalized spacial score (nSPS) is 13.8. The molecule has 0 aliphatic carbocycles. The van der Waals surface area contributed by atoms with Gasteiger partial charge in [-0.15, -0.1) is 0 Å². The lowest BCUT2D eigenvalue weighted by atomic mass is 10.2. The third-order valence-corrected chi connectivity index (χ3v) is 2.84. The lowest BCUT2D eigenvalue weighted by Crippen LogP contribution is -2.36. The van der Waals surface area contributed by atoms with Crippen molar-refractivity contribution in [2.24, 2.45) is 0 Å². The van der Waals surface area contributed by atoms with E-state index in [0.717, 1.165) is 17.7 Å². The first-order valence-corrected chi connectivity index (χ1v) is 7.06. The molecule has 0 atom stereocenters. The number of hydrogen-bond donors (Lipinski definition) is 2. The Hall–Kier alpha value is -3.35. The Morgan fingerprint density at radius 1 is 1.00 bits per heavy atom. The van der Waals surface area contributed by atoms with Gasteiger partial charge in [-0.2, -0.15) is 0 Å². The molecule has 1 aromatic carbocycles. The molecule has 0 fully saturated rings. The van der Waals surface area contributed by atoms with Crippen molar-refractivity contribution in [3.63, 3.8) is 0 Å². The Labute approximate surface area is 138 Å². The van der Waals surface area contributed by atoms with Crippen LogP contribution in [-0.2, 0) is 30.5 Å². The second-order valence-corrected chi connectivity index (χ2v) is 4.80. The van der Waals surface area contributed by atoms with Gasteiger partial charge >= 0.3 is 11.9 Å². The van der Waals surface area contributed by atoms with Crippen LogP contribution in [0.3, 0.4) is 0 Å². The van der Waals surface area contributed by atoms with Crippen molar-refractivity contribution in [3.05, 3.63) is 72.2 Å². The number of ether oxygens (including phenoxy) is 2. The van der Waals surface area contributed by atoms with Gasteiger partial charge in [0.25, 0.3) is 5.91 Å². The molecule has 1 heterocycles. The number of nitrogens with one attached hydrogen (secondary N) is 2. The first kappa shape index (κ1) is 17.0. The van der Waals surface area contributed by atoms with E-state index >= 15 is 0 Å². The maximum absolute atomic E-state index is 11.5. The van der Waals surface area contributed by atoms with Gasteiger partial charge in [-0.05, 0) is 5.56 Å². The molecule has 0 spiro atoms. The molecule has 0 radical (unpaired) electrons. The minimum atomic E-state index is -0.731. The smallest absolute Gasteiger partial charge is 0.331 e. The molecule has 2 rings (SSSR count). The Balaban J connectivity index is 1.73. The van der Waals surface area contributed by atoms with E-state index < -0.39 is 11.9 Å². The molecule has 1 aliphatic heterocycles. The number of benzene rings is 1. The Kier molecular flexibility index (Phi) is 5.90. The van der Waals surface area contributed by atoms with Crippen LogP contribution >= 0.6 is 0 Å². The monoisotopic (exact) mass is 328 g/mol. The third kappa shape index (κ3) is 5.80. The molecule has 0 saturated carbocycles. The number of hydrogen-bond acceptors (Lipinski definition) is 6. The van der Waals surface area contributed by atoms with E-state index in [4.69, 9.17) is 9.47 Å². The summed E-state index contributed by atoms with van der Waals surface area (Å²) in [5, 5.41) is 5.18. The Morgan fingerprint density at radius 2 is 1.62 bits per heavy atom. The fourth-order valence-electron chi connectivity index (χ4n) is 1.79. The second kappa shape index (κ2) is 8.33. The van der Waals surface area contributed by atoms with Crippen molar-refractivity contribution in [2.75, 3.05) is 6.61 Å². The number of carbonyl (C=O) groups excluding carboxylic acids is 3. The van der Waals surface area contributed by atoms with E-state index in [0.29, 0.717) is 11.5 Å². The van der Waals surface area contributed by atoms with E-state index in [2.05, 4.69) is 17.2 Å². The van der Waals surface area contributed by atoms with Gasteiger partial charge in [0.2, 0.25) is 0 Å². The van der Waals surface area contributed by atoms with Crippen LogP contribution in [0.2, 0.25) is 0 Å². The average Bonchev–Trinajstić information content (AvgIpc) is 2.56. The highest BCUT2D eigenvalue weighted by atomic mass is 16.5. The van der Waals surface area contributed by atoms with Gasteiger partial charge in [-0.1, -0.05) is 36.9 Å². The number of esters is 2. The highest BCUT2D eigenvalue weighted by Gasteiger charge is 2.12. The molecule has 0 unspecified atom stereocenters. The van der Waals surface area contributed by atoms with Crippen molar-refractivity contribution in [3.8, 4) is 0 Å². The summed E-state index contributed by atoms with van der Waals surface area (Å²) in [5.74, 6) is -1.44. The number of carbonyl (C=O) groups is 3.